The van der Waals surface area contributed by atoms with E-state index in [0.29, 0.717) is 25.7 Å². The number of hydrogen-bond donors (Lipinski definition) is 4. The molecule has 1 aliphatic heterocycles. The summed E-state index contributed by atoms with van der Waals surface area (Å²) in [6.45, 7) is 3.17. The number of aliphatic hydroxyl groups is 4. The van der Waals surface area contributed by atoms with Crippen LogP contribution < -0.4 is 0 Å². The van der Waals surface area contributed by atoms with Crippen molar-refractivity contribution in [2.24, 2.45) is 0 Å². The number of aliphatic hydroxyl groups excluding tert-OH is 4. The van der Waals surface area contributed by atoms with Crippen LogP contribution in [0.5, 0.6) is 0 Å². The Bertz CT molecular complexity index is 1280. The average molecular weight is 827 g/mol. The second kappa shape index (κ2) is 38.8. The number of hydrogen-bond acceptors (Lipinski definition) is 10. The van der Waals surface area contributed by atoms with Gasteiger partial charge in [-0.05, 0) is 83.5 Å². The van der Waals surface area contributed by atoms with Crippen molar-refractivity contribution in [2.75, 3.05) is 19.8 Å². The zero-order chi connectivity index (χ0) is 43.0. The van der Waals surface area contributed by atoms with Crippen molar-refractivity contribution >= 4 is 11.9 Å². The Morgan fingerprint density at radius 3 is 1.51 bits per heavy atom. The molecule has 334 valence electrons. The zero-order valence-electron chi connectivity index (χ0n) is 36.2. The Kier molecular flexibility index (Phi) is 35.3. The van der Waals surface area contributed by atoms with Gasteiger partial charge in [-0.25, -0.2) is 0 Å². The third-order valence-corrected chi connectivity index (χ3v) is 9.45. The fraction of sp³-hybridized carbons (Fsp3) is 0.633. The predicted octanol–water partition coefficient (Wildman–Crippen LogP) is 9.55. The van der Waals surface area contributed by atoms with Crippen molar-refractivity contribution in [3.8, 4) is 0 Å². The van der Waals surface area contributed by atoms with Crippen molar-refractivity contribution in [3.63, 3.8) is 0 Å². The molecule has 59 heavy (non-hydrogen) atoms. The number of allylic oxidation sites excluding steroid dienone is 16. The third kappa shape index (κ3) is 30.3. The molecule has 0 aromatic heterocycles. The Morgan fingerprint density at radius 1 is 0.542 bits per heavy atom. The van der Waals surface area contributed by atoms with E-state index in [2.05, 4.69) is 98.9 Å². The minimum absolute atomic E-state index is 0.140. The largest absolute Gasteiger partial charge is 0.462 e. The molecule has 1 fully saturated rings. The maximum absolute atomic E-state index is 12.7. The molecule has 6 atom stereocenters. The van der Waals surface area contributed by atoms with E-state index in [1.54, 1.807) is 0 Å². The quantitative estimate of drug-likeness (QED) is 0.0276. The lowest BCUT2D eigenvalue weighted by molar-refractivity contribution is -0.305. The molecule has 0 radical (unpaired) electrons. The molecule has 1 aliphatic rings. The van der Waals surface area contributed by atoms with Gasteiger partial charge >= 0.3 is 11.9 Å². The van der Waals surface area contributed by atoms with Crippen LogP contribution in [0.3, 0.4) is 0 Å². The van der Waals surface area contributed by atoms with Gasteiger partial charge in [-0.2, -0.15) is 0 Å². The molecule has 1 heterocycles. The van der Waals surface area contributed by atoms with E-state index in [1.807, 2.05) is 12.2 Å². The van der Waals surface area contributed by atoms with Crippen LogP contribution in [0.1, 0.15) is 142 Å². The molecule has 0 aromatic carbocycles. The maximum atomic E-state index is 12.7. The predicted molar refractivity (Wildman–Crippen MR) is 237 cm³/mol. The van der Waals surface area contributed by atoms with Gasteiger partial charge in [-0.3, -0.25) is 9.59 Å². The van der Waals surface area contributed by atoms with Gasteiger partial charge in [-0.1, -0.05) is 143 Å². The standard InChI is InChI=1S/C49H78O10/c1-3-5-7-9-11-13-15-17-19-21-23-25-27-29-31-33-35-37-44(51)56-40-42(41-57-49-48(55)47(54)46(53)43(39-50)59-49)58-45(52)38-36-34-32-30-28-26-24-22-20-18-16-14-12-10-8-6-4-2/h5,7,11,13,17-20,23-26,29-32,42-43,46-50,53-55H,3-4,6,8-10,12,14-16,21-22,27-28,33-41H2,1-2H3/b7-5+,13-11+,19-17+,20-18+,25-23+,26-24+,31-29+,32-30+/t42-,43-,46+,47?,48?,49-/m0/s1. The molecule has 0 saturated carbocycles. The summed E-state index contributed by atoms with van der Waals surface area (Å²) >= 11 is 0. The van der Waals surface area contributed by atoms with Crippen LogP contribution in [0.4, 0.5) is 0 Å². The molecule has 10 heteroatoms. The van der Waals surface area contributed by atoms with Gasteiger partial charge in [0.25, 0.3) is 0 Å². The number of carbonyl (C=O) groups is 2. The van der Waals surface area contributed by atoms with Crippen LogP contribution in [0.25, 0.3) is 0 Å². The number of rotatable bonds is 35. The zero-order valence-corrected chi connectivity index (χ0v) is 36.2. The summed E-state index contributed by atoms with van der Waals surface area (Å²) in [6.07, 6.45) is 44.2. The van der Waals surface area contributed by atoms with Gasteiger partial charge in [-0.15, -0.1) is 0 Å². The Hall–Kier alpha value is -3.38. The van der Waals surface area contributed by atoms with Gasteiger partial charge in [0.2, 0.25) is 0 Å². The molecule has 0 spiro atoms. The first-order chi connectivity index (χ1) is 28.8. The van der Waals surface area contributed by atoms with Crippen LogP contribution >= 0.6 is 0 Å². The van der Waals surface area contributed by atoms with Crippen LogP contribution in [-0.2, 0) is 28.5 Å². The summed E-state index contributed by atoms with van der Waals surface area (Å²) in [5.41, 5.74) is 0. The summed E-state index contributed by atoms with van der Waals surface area (Å²) < 4.78 is 22.0. The second-order valence-corrected chi connectivity index (χ2v) is 14.8. The maximum Gasteiger partial charge on any atom is 0.306 e. The minimum atomic E-state index is -1.62. The molecule has 0 amide bonds. The lowest BCUT2D eigenvalue weighted by Gasteiger charge is -2.39. The minimum Gasteiger partial charge on any atom is -0.462 e. The number of ether oxygens (including phenoxy) is 4. The van der Waals surface area contributed by atoms with E-state index in [9.17, 15) is 30.0 Å². The van der Waals surface area contributed by atoms with Gasteiger partial charge in [0.1, 0.15) is 31.0 Å². The summed E-state index contributed by atoms with van der Waals surface area (Å²) in [5, 5.41) is 40.1. The highest BCUT2D eigenvalue weighted by Crippen LogP contribution is 2.22. The van der Waals surface area contributed by atoms with Gasteiger partial charge in [0.15, 0.2) is 12.4 Å². The van der Waals surface area contributed by atoms with Crippen LogP contribution in [0, 0.1) is 0 Å². The fourth-order valence-electron chi connectivity index (χ4n) is 5.94. The fourth-order valence-corrected chi connectivity index (χ4v) is 5.94. The topological polar surface area (TPSA) is 152 Å². The molecular formula is C49H78O10. The highest BCUT2D eigenvalue weighted by atomic mass is 16.7. The second-order valence-electron chi connectivity index (χ2n) is 14.8. The highest BCUT2D eigenvalue weighted by molar-refractivity contribution is 5.70. The monoisotopic (exact) mass is 827 g/mol. The molecule has 1 rings (SSSR count). The lowest BCUT2D eigenvalue weighted by Crippen LogP contribution is -2.59. The van der Waals surface area contributed by atoms with Crippen LogP contribution in [0.15, 0.2) is 97.2 Å². The molecule has 0 aliphatic carbocycles. The molecule has 0 bridgehead atoms. The Balaban J connectivity index is 2.43. The van der Waals surface area contributed by atoms with Crippen LogP contribution in [-0.4, -0.2) is 89.0 Å². The third-order valence-electron chi connectivity index (χ3n) is 9.45. The first-order valence-electron chi connectivity index (χ1n) is 22.3. The van der Waals surface area contributed by atoms with Gasteiger partial charge in [0.05, 0.1) is 13.2 Å². The van der Waals surface area contributed by atoms with E-state index in [4.69, 9.17) is 18.9 Å². The van der Waals surface area contributed by atoms with Crippen molar-refractivity contribution in [3.05, 3.63) is 97.2 Å². The van der Waals surface area contributed by atoms with Gasteiger partial charge < -0.3 is 39.4 Å². The van der Waals surface area contributed by atoms with E-state index in [0.717, 1.165) is 51.4 Å². The summed E-state index contributed by atoms with van der Waals surface area (Å²) in [6, 6.07) is 0. The summed E-state index contributed by atoms with van der Waals surface area (Å²) in [4.78, 5) is 25.3. The number of unbranched alkanes of at least 4 members (excludes halogenated alkanes) is 8. The van der Waals surface area contributed by atoms with Crippen molar-refractivity contribution in [1.29, 1.82) is 0 Å². The van der Waals surface area contributed by atoms with Gasteiger partial charge in [0, 0.05) is 12.8 Å². The molecule has 4 N–H and O–H groups in total. The normalized spacial score (nSPS) is 20.9. The van der Waals surface area contributed by atoms with Crippen molar-refractivity contribution < 1.29 is 49.0 Å². The first kappa shape index (κ1) is 53.6. The number of esters is 2. The molecule has 2 unspecified atom stereocenters. The molecular weight excluding hydrogens is 749 g/mol. The van der Waals surface area contributed by atoms with E-state index >= 15 is 0 Å². The number of carbonyl (C=O) groups excluding carboxylic acids is 2. The van der Waals surface area contributed by atoms with Crippen molar-refractivity contribution in [1.82, 2.24) is 0 Å². The molecule has 0 aromatic rings. The molecule has 10 nitrogen and oxygen atoms in total. The smallest absolute Gasteiger partial charge is 0.306 e. The van der Waals surface area contributed by atoms with Crippen LogP contribution in [0.2, 0.25) is 0 Å². The summed E-state index contributed by atoms with van der Waals surface area (Å²) in [7, 11) is 0. The first-order valence-corrected chi connectivity index (χ1v) is 22.3. The highest BCUT2D eigenvalue weighted by Gasteiger charge is 2.44. The van der Waals surface area contributed by atoms with Crippen molar-refractivity contribution in [2.45, 2.75) is 179 Å². The average Bonchev–Trinajstić information content (AvgIpc) is 3.23. The Labute approximate surface area is 356 Å². The van der Waals surface area contributed by atoms with E-state index in [-0.39, 0.29) is 26.1 Å². The SMILES string of the molecule is CC/C=C/C/C=C/C/C=C/C/C=C/C/C=C/CCCC(=O)OC[C@@H](CO[C@H]1O[C@@H](CO)[C@@H](O)C(O)C1O)OC(=O)CCC/C=C/C/C=C/C/C=C/CCCCCCCC. The summed E-state index contributed by atoms with van der Waals surface area (Å²) in [5.74, 6) is -0.947. The lowest BCUT2D eigenvalue weighted by atomic mass is 9.99. The molecule has 1 saturated heterocycles. The van der Waals surface area contributed by atoms with E-state index < -0.39 is 55.4 Å². The Morgan fingerprint density at radius 2 is 1.00 bits per heavy atom. The van der Waals surface area contributed by atoms with E-state index in [1.165, 1.54) is 38.5 Å².